The van der Waals surface area contributed by atoms with Gasteiger partial charge in [-0.25, -0.2) is 0 Å². The number of carbonyl (C=O) groups is 1. The van der Waals surface area contributed by atoms with Crippen molar-refractivity contribution in [1.82, 2.24) is 5.32 Å². The van der Waals surface area contributed by atoms with Gasteiger partial charge < -0.3 is 14.8 Å². The van der Waals surface area contributed by atoms with Crippen molar-refractivity contribution >= 4 is 38.9 Å². The van der Waals surface area contributed by atoms with Gasteiger partial charge in [0.15, 0.2) is 0 Å². The Balaban J connectivity index is 1.86. The molecule has 0 unspecified atom stereocenters. The second kappa shape index (κ2) is 7.21. The fraction of sp³-hybridized carbons (Fsp3) is 0.438. The first-order chi connectivity index (χ1) is 11.5. The van der Waals surface area contributed by atoms with Crippen molar-refractivity contribution in [2.45, 2.75) is 38.5 Å². The molecule has 0 bridgehead atoms. The largest absolute Gasteiger partial charge is 0.434 e. The molecule has 0 saturated carbocycles. The average Bonchev–Trinajstić information content (AvgIpc) is 3.15. The number of benzene rings is 1. The van der Waals surface area contributed by atoms with E-state index in [2.05, 4.69) is 10.1 Å². The monoisotopic (exact) mass is 375 g/mol. The molecule has 1 fully saturated rings. The van der Waals surface area contributed by atoms with Gasteiger partial charge in [-0.1, -0.05) is 17.7 Å². The molecule has 0 aliphatic carbocycles. The summed E-state index contributed by atoms with van der Waals surface area (Å²) in [5.74, 6) is -0.373. The standard InChI is InChI=1S/C16H16ClF2NO3S/c1-8(9-5-3-7-22-9)20-15(21)14-13(17)12-10(23-16(18)19)4-2-6-11(12)24-14/h2,4,6,8-9,16H,3,5,7H2,1H3,(H,20,21)/t8-,9-/m1/s1. The fourth-order valence-corrected chi connectivity index (χ4v) is 4.25. The summed E-state index contributed by atoms with van der Waals surface area (Å²) in [5.41, 5.74) is 0. The summed E-state index contributed by atoms with van der Waals surface area (Å²) < 4.78 is 35.7. The summed E-state index contributed by atoms with van der Waals surface area (Å²) in [4.78, 5) is 12.8. The van der Waals surface area contributed by atoms with E-state index in [4.69, 9.17) is 16.3 Å². The lowest BCUT2D eigenvalue weighted by Crippen LogP contribution is -2.40. The third-order valence-corrected chi connectivity index (χ3v) is 5.57. The molecule has 4 nitrogen and oxygen atoms in total. The van der Waals surface area contributed by atoms with Crippen molar-refractivity contribution in [3.8, 4) is 5.75 Å². The molecule has 1 aromatic heterocycles. The molecule has 2 aromatic rings. The molecule has 1 saturated heterocycles. The van der Waals surface area contributed by atoms with Gasteiger partial charge >= 0.3 is 6.61 Å². The van der Waals surface area contributed by atoms with Gasteiger partial charge in [-0.05, 0) is 31.9 Å². The highest BCUT2D eigenvalue weighted by Crippen LogP contribution is 2.41. The lowest BCUT2D eigenvalue weighted by Gasteiger charge is -2.19. The Kier molecular flexibility index (Phi) is 5.22. The van der Waals surface area contributed by atoms with Gasteiger partial charge in [0.1, 0.15) is 10.6 Å². The minimum absolute atomic E-state index is 0.0140. The van der Waals surface area contributed by atoms with Crippen LogP contribution in [0.2, 0.25) is 5.02 Å². The molecule has 8 heteroatoms. The van der Waals surface area contributed by atoms with E-state index in [9.17, 15) is 13.6 Å². The predicted molar refractivity (Wildman–Crippen MR) is 89.4 cm³/mol. The molecule has 1 aliphatic heterocycles. The summed E-state index contributed by atoms with van der Waals surface area (Å²) in [6.45, 7) is -0.382. The first-order valence-electron chi connectivity index (χ1n) is 7.55. The van der Waals surface area contributed by atoms with Crippen LogP contribution in [0.4, 0.5) is 8.78 Å². The Morgan fingerprint density at radius 1 is 1.50 bits per heavy atom. The molecule has 1 N–H and O–H groups in total. The predicted octanol–water partition coefficient (Wildman–Crippen LogP) is 4.45. The first kappa shape index (κ1) is 17.4. The summed E-state index contributed by atoms with van der Waals surface area (Å²) in [6.07, 6.45) is 1.86. The van der Waals surface area contributed by atoms with Gasteiger partial charge in [-0.15, -0.1) is 11.3 Å². The van der Waals surface area contributed by atoms with Crippen LogP contribution in [-0.2, 0) is 4.74 Å². The highest BCUT2D eigenvalue weighted by molar-refractivity contribution is 7.21. The smallest absolute Gasteiger partial charge is 0.387 e. The van der Waals surface area contributed by atoms with Crippen LogP contribution >= 0.6 is 22.9 Å². The summed E-state index contributed by atoms with van der Waals surface area (Å²) in [7, 11) is 0. The highest BCUT2D eigenvalue weighted by atomic mass is 35.5. The summed E-state index contributed by atoms with van der Waals surface area (Å²) in [6, 6.07) is 4.55. The van der Waals surface area contributed by atoms with Gasteiger partial charge in [-0.3, -0.25) is 4.79 Å². The fourth-order valence-electron chi connectivity index (χ4n) is 2.78. The lowest BCUT2D eigenvalue weighted by atomic mass is 10.1. The van der Waals surface area contributed by atoms with E-state index in [1.807, 2.05) is 6.92 Å². The van der Waals surface area contributed by atoms with Crippen molar-refractivity contribution in [2.24, 2.45) is 0 Å². The molecule has 2 atom stereocenters. The van der Waals surface area contributed by atoms with E-state index in [0.717, 1.165) is 24.2 Å². The van der Waals surface area contributed by atoms with E-state index in [1.165, 1.54) is 6.07 Å². The number of rotatable bonds is 5. The Labute approximate surface area is 146 Å². The third kappa shape index (κ3) is 3.48. The van der Waals surface area contributed by atoms with Crippen LogP contribution in [0.3, 0.4) is 0 Å². The maximum Gasteiger partial charge on any atom is 0.387 e. The molecule has 3 rings (SSSR count). The van der Waals surface area contributed by atoms with E-state index in [-0.39, 0.29) is 33.7 Å². The summed E-state index contributed by atoms with van der Waals surface area (Å²) >= 11 is 7.43. The molecule has 1 aromatic carbocycles. The molecule has 1 amide bonds. The highest BCUT2D eigenvalue weighted by Gasteiger charge is 2.26. The van der Waals surface area contributed by atoms with E-state index in [0.29, 0.717) is 16.7 Å². The molecule has 0 spiro atoms. The number of alkyl halides is 2. The minimum atomic E-state index is -2.96. The topological polar surface area (TPSA) is 47.6 Å². The van der Waals surface area contributed by atoms with Gasteiger partial charge in [-0.2, -0.15) is 8.78 Å². The van der Waals surface area contributed by atoms with Gasteiger partial charge in [0.25, 0.3) is 5.91 Å². The van der Waals surface area contributed by atoms with Crippen LogP contribution in [0.15, 0.2) is 18.2 Å². The number of carbonyl (C=O) groups excluding carboxylic acids is 1. The van der Waals surface area contributed by atoms with Crippen molar-refractivity contribution in [1.29, 1.82) is 0 Å². The zero-order valence-corrected chi connectivity index (χ0v) is 14.4. The lowest BCUT2D eigenvalue weighted by molar-refractivity contribution is -0.0487. The Morgan fingerprint density at radius 2 is 2.29 bits per heavy atom. The molecule has 24 heavy (non-hydrogen) atoms. The van der Waals surface area contributed by atoms with Gasteiger partial charge in [0.05, 0.1) is 22.6 Å². The number of thiophene rings is 1. The minimum Gasteiger partial charge on any atom is -0.434 e. The van der Waals surface area contributed by atoms with Crippen LogP contribution in [0, 0.1) is 0 Å². The van der Waals surface area contributed by atoms with Crippen molar-refractivity contribution in [3.05, 3.63) is 28.1 Å². The van der Waals surface area contributed by atoms with Crippen molar-refractivity contribution < 1.29 is 23.0 Å². The molecule has 1 aliphatic rings. The molecule has 2 heterocycles. The SMILES string of the molecule is C[C@@H](NC(=O)c1sc2cccc(OC(F)F)c2c1Cl)[C@H]1CCCO1. The maximum atomic E-state index is 12.5. The second-order valence-corrected chi connectivity index (χ2v) is 7.00. The number of halogens is 3. The van der Waals surface area contributed by atoms with Crippen LogP contribution in [0.5, 0.6) is 5.75 Å². The number of ether oxygens (including phenoxy) is 2. The molecule has 130 valence electrons. The Bertz CT molecular complexity index is 746. The first-order valence-corrected chi connectivity index (χ1v) is 8.75. The van der Waals surface area contributed by atoms with Crippen molar-refractivity contribution in [2.75, 3.05) is 6.61 Å². The van der Waals surface area contributed by atoms with Gasteiger partial charge in [0, 0.05) is 11.3 Å². The van der Waals surface area contributed by atoms with Crippen LogP contribution in [0.1, 0.15) is 29.4 Å². The average molecular weight is 376 g/mol. The quantitative estimate of drug-likeness (QED) is 0.839. The zero-order valence-electron chi connectivity index (χ0n) is 12.9. The molecule has 0 radical (unpaired) electrons. The molecular formula is C16H16ClF2NO3S. The number of hydrogen-bond donors (Lipinski definition) is 1. The summed E-state index contributed by atoms with van der Waals surface area (Å²) in [5, 5.41) is 3.33. The number of nitrogens with one attached hydrogen (secondary N) is 1. The number of amides is 1. The Hall–Kier alpha value is -1.44. The third-order valence-electron chi connectivity index (χ3n) is 3.92. The van der Waals surface area contributed by atoms with Gasteiger partial charge in [0.2, 0.25) is 0 Å². The van der Waals surface area contributed by atoms with Crippen LogP contribution < -0.4 is 10.1 Å². The second-order valence-electron chi connectivity index (χ2n) is 5.57. The Morgan fingerprint density at radius 3 is 2.96 bits per heavy atom. The van der Waals surface area contributed by atoms with Crippen LogP contribution in [0.25, 0.3) is 10.1 Å². The zero-order chi connectivity index (χ0) is 17.3. The van der Waals surface area contributed by atoms with Crippen LogP contribution in [-0.4, -0.2) is 31.3 Å². The molecular weight excluding hydrogens is 360 g/mol. The van der Waals surface area contributed by atoms with Crippen molar-refractivity contribution in [3.63, 3.8) is 0 Å². The number of fused-ring (bicyclic) bond motifs is 1. The van der Waals surface area contributed by atoms with E-state index in [1.54, 1.807) is 12.1 Å². The maximum absolute atomic E-state index is 12.5. The van der Waals surface area contributed by atoms with E-state index >= 15 is 0 Å². The number of hydrogen-bond acceptors (Lipinski definition) is 4. The normalized spacial score (nSPS) is 19.0. The van der Waals surface area contributed by atoms with E-state index < -0.39 is 6.61 Å².